The van der Waals surface area contributed by atoms with Gasteiger partial charge in [-0.2, -0.15) is 5.26 Å². The molecule has 1 N–H and O–H groups in total. The average Bonchev–Trinajstić information content (AvgIpc) is 2.69. The van der Waals surface area contributed by atoms with Gasteiger partial charge in [0, 0.05) is 32.3 Å². The fourth-order valence-corrected chi connectivity index (χ4v) is 3.20. The number of fused-ring (bicyclic) bond motifs is 1. The smallest absolute Gasteiger partial charge is 0.243 e. The molecule has 0 atom stereocenters. The summed E-state index contributed by atoms with van der Waals surface area (Å²) in [6.07, 6.45) is 5.30. The van der Waals surface area contributed by atoms with Crippen LogP contribution in [-0.2, 0) is 17.8 Å². The van der Waals surface area contributed by atoms with E-state index < -0.39 is 0 Å². The summed E-state index contributed by atoms with van der Waals surface area (Å²) < 4.78 is 0. The molecular formula is C22H23N3O. The van der Waals surface area contributed by atoms with Crippen LogP contribution in [0.1, 0.15) is 28.7 Å². The molecule has 3 rings (SSSR count). The van der Waals surface area contributed by atoms with Crippen molar-refractivity contribution in [1.29, 1.82) is 5.26 Å². The summed E-state index contributed by atoms with van der Waals surface area (Å²) in [5.41, 5.74) is 4.33. The molecule has 0 radical (unpaired) electrons. The number of benzene rings is 2. The predicted molar refractivity (Wildman–Crippen MR) is 103 cm³/mol. The van der Waals surface area contributed by atoms with E-state index in [0.29, 0.717) is 12.1 Å². The first-order valence-corrected chi connectivity index (χ1v) is 9.00. The third-order valence-electron chi connectivity index (χ3n) is 4.60. The van der Waals surface area contributed by atoms with Crippen molar-refractivity contribution in [3.8, 4) is 6.07 Å². The van der Waals surface area contributed by atoms with Gasteiger partial charge in [0.25, 0.3) is 0 Å². The molecule has 0 aliphatic carbocycles. The molecule has 1 aliphatic rings. The summed E-state index contributed by atoms with van der Waals surface area (Å²) in [6.45, 7) is 3.74. The van der Waals surface area contributed by atoms with Crippen LogP contribution in [-0.4, -0.2) is 30.4 Å². The first-order valence-electron chi connectivity index (χ1n) is 9.00. The fraction of sp³-hybridized carbons (Fsp3) is 0.273. The Morgan fingerprint density at radius 2 is 2.04 bits per heavy atom. The lowest BCUT2D eigenvalue weighted by Crippen LogP contribution is -2.33. The Bertz CT molecular complexity index is 835. The number of hydrogen-bond donors (Lipinski definition) is 1. The number of nitrogens with zero attached hydrogens (tertiary/aromatic N) is 2. The molecule has 2 aromatic carbocycles. The van der Waals surface area contributed by atoms with Crippen molar-refractivity contribution in [2.45, 2.75) is 19.4 Å². The van der Waals surface area contributed by atoms with E-state index in [1.807, 2.05) is 12.1 Å². The van der Waals surface area contributed by atoms with Crippen molar-refractivity contribution in [2.24, 2.45) is 0 Å². The topological polar surface area (TPSA) is 56.1 Å². The summed E-state index contributed by atoms with van der Waals surface area (Å²) in [6, 6.07) is 17.9. The van der Waals surface area contributed by atoms with Crippen molar-refractivity contribution in [3.05, 3.63) is 76.9 Å². The molecular weight excluding hydrogens is 322 g/mol. The summed E-state index contributed by atoms with van der Waals surface area (Å²) >= 11 is 0. The lowest BCUT2D eigenvalue weighted by molar-refractivity contribution is -0.116. The molecule has 0 aromatic heterocycles. The SMILES string of the molecule is N#Cc1cccc(/C=C/C(=O)NCCCN2CCc3ccccc3C2)c1. The van der Waals surface area contributed by atoms with Gasteiger partial charge in [-0.3, -0.25) is 9.69 Å². The Balaban J connectivity index is 1.38. The van der Waals surface area contributed by atoms with Crippen molar-refractivity contribution >= 4 is 12.0 Å². The van der Waals surface area contributed by atoms with Gasteiger partial charge in [0.15, 0.2) is 0 Å². The minimum Gasteiger partial charge on any atom is -0.353 e. The van der Waals surface area contributed by atoms with Crippen LogP contribution in [0.4, 0.5) is 0 Å². The van der Waals surface area contributed by atoms with E-state index in [4.69, 9.17) is 5.26 Å². The number of rotatable bonds is 6. The van der Waals surface area contributed by atoms with Gasteiger partial charge in [-0.05, 0) is 47.7 Å². The second kappa shape index (κ2) is 8.98. The van der Waals surface area contributed by atoms with Gasteiger partial charge in [-0.25, -0.2) is 0 Å². The molecule has 1 amide bonds. The molecule has 0 saturated heterocycles. The Hall–Kier alpha value is -2.90. The van der Waals surface area contributed by atoms with Gasteiger partial charge in [0.2, 0.25) is 5.91 Å². The van der Waals surface area contributed by atoms with Crippen LogP contribution in [0, 0.1) is 11.3 Å². The van der Waals surface area contributed by atoms with Gasteiger partial charge < -0.3 is 5.32 Å². The number of amides is 1. The van der Waals surface area contributed by atoms with Gasteiger partial charge >= 0.3 is 0 Å². The highest BCUT2D eigenvalue weighted by Gasteiger charge is 2.14. The Labute approximate surface area is 154 Å². The zero-order valence-corrected chi connectivity index (χ0v) is 14.8. The summed E-state index contributed by atoms with van der Waals surface area (Å²) in [5.74, 6) is -0.101. The van der Waals surface area contributed by atoms with Crippen LogP contribution in [0.5, 0.6) is 0 Å². The lowest BCUT2D eigenvalue weighted by atomic mass is 10.00. The number of nitrogens with one attached hydrogen (secondary N) is 1. The normalized spacial score (nSPS) is 14.0. The molecule has 1 heterocycles. The molecule has 0 unspecified atom stereocenters. The quantitative estimate of drug-likeness (QED) is 0.646. The van der Waals surface area contributed by atoms with E-state index in [0.717, 1.165) is 38.0 Å². The van der Waals surface area contributed by atoms with Gasteiger partial charge in [-0.15, -0.1) is 0 Å². The first kappa shape index (κ1) is 17.9. The molecule has 132 valence electrons. The zero-order valence-electron chi connectivity index (χ0n) is 14.8. The van der Waals surface area contributed by atoms with E-state index in [2.05, 4.69) is 40.6 Å². The second-order valence-corrected chi connectivity index (χ2v) is 6.51. The Morgan fingerprint density at radius 1 is 1.19 bits per heavy atom. The molecule has 0 spiro atoms. The number of carbonyl (C=O) groups is 1. The summed E-state index contributed by atoms with van der Waals surface area (Å²) in [5, 5.41) is 11.8. The van der Waals surface area contributed by atoms with Gasteiger partial charge in [0.05, 0.1) is 11.6 Å². The second-order valence-electron chi connectivity index (χ2n) is 6.51. The summed E-state index contributed by atoms with van der Waals surface area (Å²) in [7, 11) is 0. The van der Waals surface area contributed by atoms with Crippen molar-refractivity contribution < 1.29 is 4.79 Å². The average molecular weight is 345 g/mol. The van der Waals surface area contributed by atoms with E-state index in [1.165, 1.54) is 17.2 Å². The highest BCUT2D eigenvalue weighted by molar-refractivity contribution is 5.91. The van der Waals surface area contributed by atoms with Crippen molar-refractivity contribution in [1.82, 2.24) is 10.2 Å². The van der Waals surface area contributed by atoms with Crippen LogP contribution < -0.4 is 5.32 Å². The molecule has 2 aromatic rings. The summed E-state index contributed by atoms with van der Waals surface area (Å²) in [4.78, 5) is 14.4. The fourth-order valence-electron chi connectivity index (χ4n) is 3.20. The molecule has 0 fully saturated rings. The molecule has 4 heteroatoms. The maximum absolute atomic E-state index is 11.9. The monoisotopic (exact) mass is 345 g/mol. The van der Waals surface area contributed by atoms with Gasteiger partial charge in [-0.1, -0.05) is 36.4 Å². The molecule has 26 heavy (non-hydrogen) atoms. The highest BCUT2D eigenvalue weighted by atomic mass is 16.1. The zero-order chi connectivity index (χ0) is 18.2. The van der Waals surface area contributed by atoms with Crippen molar-refractivity contribution in [2.75, 3.05) is 19.6 Å². The van der Waals surface area contributed by atoms with E-state index in [9.17, 15) is 4.79 Å². The molecule has 4 nitrogen and oxygen atoms in total. The Kier molecular flexibility index (Phi) is 6.19. The number of carbonyl (C=O) groups excluding carboxylic acids is 1. The van der Waals surface area contributed by atoms with Crippen LogP contribution in [0.25, 0.3) is 6.08 Å². The maximum atomic E-state index is 11.9. The largest absolute Gasteiger partial charge is 0.353 e. The van der Waals surface area contributed by atoms with E-state index in [-0.39, 0.29) is 5.91 Å². The highest BCUT2D eigenvalue weighted by Crippen LogP contribution is 2.18. The van der Waals surface area contributed by atoms with Crippen LogP contribution >= 0.6 is 0 Å². The standard InChI is InChI=1S/C22H23N3O/c23-16-19-6-3-5-18(15-19)9-10-22(26)24-12-4-13-25-14-11-20-7-1-2-8-21(20)17-25/h1-3,5-10,15H,4,11-14,17H2,(H,24,26)/b10-9+. The molecule has 0 saturated carbocycles. The minimum absolute atomic E-state index is 0.101. The minimum atomic E-state index is -0.101. The van der Waals surface area contributed by atoms with Crippen molar-refractivity contribution in [3.63, 3.8) is 0 Å². The number of nitriles is 1. The van der Waals surface area contributed by atoms with E-state index in [1.54, 1.807) is 18.2 Å². The maximum Gasteiger partial charge on any atom is 0.243 e. The first-order chi connectivity index (χ1) is 12.7. The van der Waals surface area contributed by atoms with Crippen LogP contribution in [0.3, 0.4) is 0 Å². The van der Waals surface area contributed by atoms with Gasteiger partial charge in [0.1, 0.15) is 0 Å². The number of hydrogen-bond acceptors (Lipinski definition) is 3. The lowest BCUT2D eigenvalue weighted by Gasteiger charge is -2.28. The third kappa shape index (κ3) is 5.05. The van der Waals surface area contributed by atoms with Crippen LogP contribution in [0.15, 0.2) is 54.6 Å². The predicted octanol–water partition coefficient (Wildman–Crippen LogP) is 3.14. The van der Waals surface area contributed by atoms with Crippen LogP contribution in [0.2, 0.25) is 0 Å². The molecule has 0 bridgehead atoms. The molecule has 1 aliphatic heterocycles. The van der Waals surface area contributed by atoms with E-state index >= 15 is 0 Å². The Morgan fingerprint density at radius 3 is 2.88 bits per heavy atom. The third-order valence-corrected chi connectivity index (χ3v) is 4.60.